The third-order valence-corrected chi connectivity index (χ3v) is 3.24. The van der Waals surface area contributed by atoms with Gasteiger partial charge in [0.2, 0.25) is 0 Å². The summed E-state index contributed by atoms with van der Waals surface area (Å²) in [6, 6.07) is 3.84. The van der Waals surface area contributed by atoms with Crippen LogP contribution in [0.1, 0.15) is 23.3 Å². The maximum atomic E-state index is 12.1. The summed E-state index contributed by atoms with van der Waals surface area (Å²) >= 11 is 0. The van der Waals surface area contributed by atoms with E-state index in [9.17, 15) is 4.79 Å². The number of aromatic nitrogens is 1. The molecule has 0 saturated carbocycles. The molecule has 1 fully saturated rings. The lowest BCUT2D eigenvalue weighted by Crippen LogP contribution is -2.46. The first-order valence-electron chi connectivity index (χ1n) is 6.32. The van der Waals surface area contributed by atoms with Crippen LogP contribution in [0.15, 0.2) is 18.3 Å². The van der Waals surface area contributed by atoms with Crippen LogP contribution >= 0.6 is 0 Å². The molecule has 5 heteroatoms. The Morgan fingerprint density at radius 2 is 2.39 bits per heavy atom. The van der Waals surface area contributed by atoms with Gasteiger partial charge in [0.05, 0.1) is 0 Å². The van der Waals surface area contributed by atoms with Crippen molar-refractivity contribution in [2.24, 2.45) is 0 Å². The number of hydrogen-bond acceptors (Lipinski definition) is 4. The molecule has 2 rings (SSSR count). The predicted molar refractivity (Wildman–Crippen MR) is 71.8 cm³/mol. The van der Waals surface area contributed by atoms with E-state index < -0.39 is 0 Å². The van der Waals surface area contributed by atoms with Gasteiger partial charge in [-0.25, -0.2) is 0 Å². The Morgan fingerprint density at radius 1 is 1.56 bits per heavy atom. The Balaban J connectivity index is 1.98. The van der Waals surface area contributed by atoms with Gasteiger partial charge in [0.25, 0.3) is 5.91 Å². The van der Waals surface area contributed by atoms with Crippen LogP contribution in [0.5, 0.6) is 0 Å². The van der Waals surface area contributed by atoms with Gasteiger partial charge in [0.15, 0.2) is 0 Å². The van der Waals surface area contributed by atoms with Gasteiger partial charge in [-0.05, 0) is 38.6 Å². The summed E-state index contributed by atoms with van der Waals surface area (Å²) in [5.41, 5.74) is 1.37. The standard InChI is InChI=1S/C13H20N4O/c1-14-10-5-6-15-12(8-10)13(18)16-11-4-3-7-17(2)9-11/h5-6,8,11H,3-4,7,9H2,1-2H3,(H,14,15)(H,16,18). The molecule has 18 heavy (non-hydrogen) atoms. The van der Waals surface area contributed by atoms with Crippen LogP contribution in [0, 0.1) is 0 Å². The number of likely N-dealkylation sites (N-methyl/N-ethyl adjacent to an activating group) is 1. The molecule has 0 radical (unpaired) electrons. The summed E-state index contributed by atoms with van der Waals surface area (Å²) in [6.07, 6.45) is 3.82. The van der Waals surface area contributed by atoms with Gasteiger partial charge in [-0.15, -0.1) is 0 Å². The van der Waals surface area contributed by atoms with E-state index in [4.69, 9.17) is 0 Å². The number of hydrogen-bond donors (Lipinski definition) is 2. The summed E-state index contributed by atoms with van der Waals surface area (Å²) in [6.45, 7) is 2.03. The highest BCUT2D eigenvalue weighted by Crippen LogP contribution is 2.10. The van der Waals surface area contributed by atoms with E-state index >= 15 is 0 Å². The second-order valence-electron chi connectivity index (χ2n) is 4.75. The minimum atomic E-state index is -0.0904. The van der Waals surface area contributed by atoms with Crippen LogP contribution in [0.2, 0.25) is 0 Å². The molecule has 1 amide bonds. The number of carbonyl (C=O) groups is 1. The Morgan fingerprint density at radius 3 is 3.11 bits per heavy atom. The maximum Gasteiger partial charge on any atom is 0.270 e. The normalized spacial score (nSPS) is 20.4. The summed E-state index contributed by atoms with van der Waals surface area (Å²) in [5.74, 6) is -0.0904. The van der Waals surface area contributed by atoms with Crippen LogP contribution < -0.4 is 10.6 Å². The fourth-order valence-electron chi connectivity index (χ4n) is 2.25. The summed E-state index contributed by atoms with van der Waals surface area (Å²) in [5, 5.41) is 6.05. The second kappa shape index (κ2) is 5.82. The zero-order chi connectivity index (χ0) is 13.0. The largest absolute Gasteiger partial charge is 0.388 e. The minimum Gasteiger partial charge on any atom is -0.388 e. The van der Waals surface area contributed by atoms with Gasteiger partial charge >= 0.3 is 0 Å². The van der Waals surface area contributed by atoms with Crippen molar-refractivity contribution >= 4 is 11.6 Å². The average molecular weight is 248 g/mol. The van der Waals surface area contributed by atoms with E-state index in [0.29, 0.717) is 5.69 Å². The number of likely N-dealkylation sites (tertiary alicyclic amines) is 1. The molecule has 0 bridgehead atoms. The molecule has 1 aliphatic heterocycles. The first-order valence-corrected chi connectivity index (χ1v) is 6.32. The zero-order valence-electron chi connectivity index (χ0n) is 10.9. The fourth-order valence-corrected chi connectivity index (χ4v) is 2.25. The molecule has 5 nitrogen and oxygen atoms in total. The van der Waals surface area contributed by atoms with E-state index in [0.717, 1.165) is 31.6 Å². The van der Waals surface area contributed by atoms with Crippen molar-refractivity contribution in [1.29, 1.82) is 0 Å². The molecular weight excluding hydrogens is 228 g/mol. The molecule has 2 N–H and O–H groups in total. The number of nitrogens with zero attached hydrogens (tertiary/aromatic N) is 2. The third kappa shape index (κ3) is 3.20. The Kier molecular flexibility index (Phi) is 4.15. The molecule has 1 aliphatic rings. The quantitative estimate of drug-likeness (QED) is 0.836. The lowest BCUT2D eigenvalue weighted by molar-refractivity contribution is 0.0907. The molecule has 98 valence electrons. The number of pyridine rings is 1. The third-order valence-electron chi connectivity index (χ3n) is 3.24. The van der Waals surface area contributed by atoms with Crippen molar-refractivity contribution in [3.05, 3.63) is 24.0 Å². The maximum absolute atomic E-state index is 12.1. The number of rotatable bonds is 3. The summed E-state index contributed by atoms with van der Waals surface area (Å²) < 4.78 is 0. The molecule has 2 heterocycles. The number of amides is 1. The molecule has 1 saturated heterocycles. The van der Waals surface area contributed by atoms with Crippen molar-refractivity contribution in [1.82, 2.24) is 15.2 Å². The SMILES string of the molecule is CNc1ccnc(C(=O)NC2CCCN(C)C2)c1. The molecule has 1 aromatic rings. The van der Waals surface area contributed by atoms with Crippen molar-refractivity contribution in [3.63, 3.8) is 0 Å². The lowest BCUT2D eigenvalue weighted by Gasteiger charge is -2.30. The van der Waals surface area contributed by atoms with E-state index in [2.05, 4.69) is 27.6 Å². The van der Waals surface area contributed by atoms with Crippen molar-refractivity contribution < 1.29 is 4.79 Å². The van der Waals surface area contributed by atoms with Crippen molar-refractivity contribution in [2.45, 2.75) is 18.9 Å². The van der Waals surface area contributed by atoms with Gasteiger partial charge in [-0.2, -0.15) is 0 Å². The summed E-state index contributed by atoms with van der Waals surface area (Å²) in [4.78, 5) is 18.4. The fraction of sp³-hybridized carbons (Fsp3) is 0.538. The van der Waals surface area contributed by atoms with Crippen molar-refractivity contribution in [2.75, 3.05) is 32.5 Å². The molecule has 1 aromatic heterocycles. The highest BCUT2D eigenvalue weighted by Gasteiger charge is 2.20. The van der Waals surface area contributed by atoms with E-state index in [1.165, 1.54) is 0 Å². The smallest absolute Gasteiger partial charge is 0.270 e. The van der Waals surface area contributed by atoms with Crippen LogP contribution in [0.3, 0.4) is 0 Å². The number of anilines is 1. The Hall–Kier alpha value is -1.62. The van der Waals surface area contributed by atoms with Crippen LogP contribution in [0.25, 0.3) is 0 Å². The van der Waals surface area contributed by atoms with Gasteiger partial charge in [0.1, 0.15) is 5.69 Å². The molecule has 0 spiro atoms. The second-order valence-corrected chi connectivity index (χ2v) is 4.75. The highest BCUT2D eigenvalue weighted by atomic mass is 16.1. The van der Waals surface area contributed by atoms with Crippen LogP contribution in [0.4, 0.5) is 5.69 Å². The molecule has 0 aromatic carbocycles. The van der Waals surface area contributed by atoms with Gasteiger partial charge in [0, 0.05) is 31.5 Å². The zero-order valence-corrected chi connectivity index (χ0v) is 10.9. The van der Waals surface area contributed by atoms with Crippen LogP contribution in [-0.4, -0.2) is 49.0 Å². The van der Waals surface area contributed by atoms with Gasteiger partial charge < -0.3 is 15.5 Å². The van der Waals surface area contributed by atoms with Crippen molar-refractivity contribution in [3.8, 4) is 0 Å². The number of nitrogens with one attached hydrogen (secondary N) is 2. The average Bonchev–Trinajstić information content (AvgIpc) is 2.39. The monoisotopic (exact) mass is 248 g/mol. The summed E-state index contributed by atoms with van der Waals surface area (Å²) in [7, 11) is 3.91. The minimum absolute atomic E-state index is 0.0904. The molecule has 1 atom stereocenters. The molecule has 0 aliphatic carbocycles. The van der Waals surface area contributed by atoms with E-state index in [-0.39, 0.29) is 11.9 Å². The van der Waals surface area contributed by atoms with E-state index in [1.807, 2.05) is 13.1 Å². The van der Waals surface area contributed by atoms with E-state index in [1.54, 1.807) is 12.3 Å². The topological polar surface area (TPSA) is 57.3 Å². The number of piperidine rings is 1. The predicted octanol–water partition coefficient (Wildman–Crippen LogP) is 0.947. The molecule has 1 unspecified atom stereocenters. The van der Waals surface area contributed by atoms with Gasteiger partial charge in [-0.3, -0.25) is 9.78 Å². The van der Waals surface area contributed by atoms with Crippen LogP contribution in [-0.2, 0) is 0 Å². The Bertz CT molecular complexity index is 421. The first kappa shape index (κ1) is 12.8. The Labute approximate surface area is 108 Å². The number of carbonyl (C=O) groups excluding carboxylic acids is 1. The van der Waals surface area contributed by atoms with Gasteiger partial charge in [-0.1, -0.05) is 0 Å². The highest BCUT2D eigenvalue weighted by molar-refractivity contribution is 5.93. The first-order chi connectivity index (χ1) is 8.69. The lowest BCUT2D eigenvalue weighted by atomic mass is 10.1. The molecular formula is C13H20N4O.